The zero-order chi connectivity index (χ0) is 39.7. The largest absolute Gasteiger partial charge is 0.416 e. The molecule has 10 heteroatoms. The molecule has 4 aromatic carbocycles. The zero-order valence-corrected chi connectivity index (χ0v) is 32.0. The number of alkyl halides is 3. The van der Waals surface area contributed by atoms with Crippen molar-refractivity contribution in [3.63, 3.8) is 0 Å². The Kier molecular flexibility index (Phi) is 11.5. The number of fused-ring (bicyclic) bond motifs is 9. The summed E-state index contributed by atoms with van der Waals surface area (Å²) in [6, 6.07) is 23.1. The van der Waals surface area contributed by atoms with Crippen LogP contribution in [0, 0.1) is 5.41 Å². The minimum absolute atomic E-state index is 0.0455. The van der Waals surface area contributed by atoms with Crippen LogP contribution in [0.4, 0.5) is 18.0 Å². The Bertz CT molecular complexity index is 2110. The molecule has 1 saturated carbocycles. The van der Waals surface area contributed by atoms with Gasteiger partial charge in [-0.1, -0.05) is 73.2 Å². The molecule has 8 rings (SSSR count). The van der Waals surface area contributed by atoms with E-state index in [2.05, 4.69) is 6.08 Å². The average Bonchev–Trinajstić information content (AvgIpc) is 3.78. The maximum Gasteiger partial charge on any atom is 0.416 e. The van der Waals surface area contributed by atoms with Crippen LogP contribution in [0.1, 0.15) is 104 Å². The molecular formula is C46H50F3NO6. The van der Waals surface area contributed by atoms with Gasteiger partial charge in [0, 0.05) is 23.1 Å². The summed E-state index contributed by atoms with van der Waals surface area (Å²) in [5.41, 5.74) is -0.633. The second-order valence-corrected chi connectivity index (χ2v) is 16.2. The Morgan fingerprint density at radius 1 is 0.946 bits per heavy atom. The highest BCUT2D eigenvalue weighted by Crippen LogP contribution is 2.59. The quantitative estimate of drug-likeness (QED) is 0.144. The van der Waals surface area contributed by atoms with Crippen molar-refractivity contribution in [2.24, 2.45) is 5.41 Å². The van der Waals surface area contributed by atoms with E-state index >= 15 is 0 Å². The molecule has 56 heavy (non-hydrogen) atoms. The molecule has 2 bridgehead atoms. The number of hydrogen-bond acceptors (Lipinski definition) is 6. The minimum atomic E-state index is -4.63. The van der Waals surface area contributed by atoms with Crippen LogP contribution in [-0.2, 0) is 17.3 Å². The topological polar surface area (TPSA) is 96.3 Å². The lowest BCUT2D eigenvalue weighted by molar-refractivity contribution is -0.137. The molecule has 1 heterocycles. The molecule has 1 aliphatic heterocycles. The van der Waals surface area contributed by atoms with E-state index in [1.54, 1.807) is 17.0 Å². The molecule has 4 aromatic rings. The highest BCUT2D eigenvalue weighted by molar-refractivity contribution is 6.10. The maximum absolute atomic E-state index is 14.4. The Morgan fingerprint density at radius 3 is 2.52 bits per heavy atom. The van der Waals surface area contributed by atoms with Gasteiger partial charge in [-0.3, -0.25) is 4.79 Å². The van der Waals surface area contributed by atoms with Gasteiger partial charge in [-0.25, -0.2) is 4.79 Å². The van der Waals surface area contributed by atoms with Crippen molar-refractivity contribution in [2.75, 3.05) is 19.7 Å². The predicted octanol–water partition coefficient (Wildman–Crippen LogP) is 9.81. The number of aliphatic hydroxyl groups is 2. The molecule has 5 atom stereocenters. The van der Waals surface area contributed by atoms with Gasteiger partial charge in [0.25, 0.3) is 0 Å². The fourth-order valence-corrected chi connectivity index (χ4v) is 9.14. The van der Waals surface area contributed by atoms with Gasteiger partial charge < -0.3 is 24.6 Å². The van der Waals surface area contributed by atoms with Gasteiger partial charge in [-0.2, -0.15) is 13.2 Å². The van der Waals surface area contributed by atoms with Crippen molar-refractivity contribution in [3.8, 4) is 5.75 Å². The van der Waals surface area contributed by atoms with Crippen molar-refractivity contribution < 1.29 is 42.4 Å². The fraction of sp³-hybridized carbons (Fsp3) is 0.435. The standard InChI is InChI=1S/C46H50F3NO6/c1-30-8-6-21-44(2)41(39-19-15-31(24-36(51)17-14-30)25-40(39)42(52)34-11-5-12-35(26-34)46(47,48)49)20-22-45(44,54)29-50(28-38-13-7-23-55-38)43(53)56-37-18-16-32-9-3-4-10-33(32)27-37/h3-5,8-12,15-16,18-19,25-27,36,38,41,51,54H,6-7,13-14,17,20-24,28-29H2,1-2H3/t36-,38+,41-,44-,45+/m0/s1. The lowest BCUT2D eigenvalue weighted by Gasteiger charge is -2.46. The lowest BCUT2D eigenvalue weighted by atomic mass is 9.64. The number of halogens is 3. The molecule has 1 saturated heterocycles. The van der Waals surface area contributed by atoms with Crippen LogP contribution in [0.2, 0.25) is 0 Å². The van der Waals surface area contributed by atoms with Crippen LogP contribution >= 0.6 is 0 Å². The summed E-state index contributed by atoms with van der Waals surface area (Å²) in [5, 5.41) is 25.9. The van der Waals surface area contributed by atoms with E-state index in [9.17, 15) is 33.0 Å². The molecule has 2 fully saturated rings. The van der Waals surface area contributed by atoms with Gasteiger partial charge in [0.05, 0.1) is 36.5 Å². The number of nitrogens with zero attached hydrogens (tertiary/aromatic N) is 1. The summed E-state index contributed by atoms with van der Waals surface area (Å²) < 4.78 is 53.4. The van der Waals surface area contributed by atoms with Gasteiger partial charge >= 0.3 is 12.3 Å². The number of hydrogen-bond donors (Lipinski definition) is 2. The molecule has 2 N–H and O–H groups in total. The lowest BCUT2D eigenvalue weighted by Crippen LogP contribution is -2.55. The molecule has 0 spiro atoms. The van der Waals surface area contributed by atoms with Crippen LogP contribution in [0.25, 0.3) is 10.8 Å². The Morgan fingerprint density at radius 2 is 1.75 bits per heavy atom. The summed E-state index contributed by atoms with van der Waals surface area (Å²) in [5.74, 6) is -0.564. The van der Waals surface area contributed by atoms with Crippen LogP contribution < -0.4 is 4.74 Å². The van der Waals surface area contributed by atoms with E-state index in [0.717, 1.165) is 41.3 Å². The number of ketones is 1. The molecule has 7 nitrogen and oxygen atoms in total. The molecule has 0 radical (unpaired) electrons. The summed E-state index contributed by atoms with van der Waals surface area (Å²) in [6.07, 6.45) is 0.955. The van der Waals surface area contributed by atoms with E-state index in [0.29, 0.717) is 62.0 Å². The molecular weight excluding hydrogens is 720 g/mol. The first-order chi connectivity index (χ1) is 26.7. The molecule has 3 aliphatic carbocycles. The Balaban J connectivity index is 1.27. The van der Waals surface area contributed by atoms with Crippen LogP contribution in [-0.4, -0.2) is 64.5 Å². The normalized spacial score (nSPS) is 25.7. The zero-order valence-electron chi connectivity index (χ0n) is 32.0. The predicted molar refractivity (Wildman–Crippen MR) is 209 cm³/mol. The third-order valence-corrected chi connectivity index (χ3v) is 12.5. The number of aliphatic hydroxyl groups excluding tert-OH is 1. The third-order valence-electron chi connectivity index (χ3n) is 12.5. The first-order valence-electron chi connectivity index (χ1n) is 19.7. The third kappa shape index (κ3) is 8.43. The number of benzene rings is 4. The highest BCUT2D eigenvalue weighted by atomic mass is 19.4. The van der Waals surface area contributed by atoms with E-state index in [-0.39, 0.29) is 36.7 Å². The molecule has 1 amide bonds. The van der Waals surface area contributed by atoms with E-state index in [1.165, 1.54) is 12.1 Å². The first kappa shape index (κ1) is 39.7. The van der Waals surface area contributed by atoms with E-state index in [1.807, 2.05) is 62.4 Å². The number of amides is 1. The SMILES string of the molecule is CC1=CCC[C@@]2(C)[C@@H](CC[C@@]2(O)CN(C[C@H]2CCCO2)C(=O)Oc2ccc3ccccc3c2)c2ccc(cc2C(=O)c2cccc(C(F)(F)F)c2)C[C@@H](O)CC1. The summed E-state index contributed by atoms with van der Waals surface area (Å²) in [4.78, 5) is 30.1. The van der Waals surface area contributed by atoms with Crippen molar-refractivity contribution in [1.82, 2.24) is 4.90 Å². The van der Waals surface area contributed by atoms with Gasteiger partial charge in [0.15, 0.2) is 5.78 Å². The second-order valence-electron chi connectivity index (χ2n) is 16.2. The first-order valence-corrected chi connectivity index (χ1v) is 19.7. The van der Waals surface area contributed by atoms with Gasteiger partial charge in [0.1, 0.15) is 5.75 Å². The number of allylic oxidation sites excluding steroid dienone is 2. The summed E-state index contributed by atoms with van der Waals surface area (Å²) >= 11 is 0. The molecule has 296 valence electrons. The number of carbonyl (C=O) groups excluding carboxylic acids is 2. The van der Waals surface area contributed by atoms with Crippen LogP contribution in [0.3, 0.4) is 0 Å². The van der Waals surface area contributed by atoms with Gasteiger partial charge in [-0.05, 0) is 123 Å². The smallest absolute Gasteiger partial charge is 0.410 e. The maximum atomic E-state index is 14.4. The second kappa shape index (κ2) is 16.2. The fourth-order valence-electron chi connectivity index (χ4n) is 9.14. The molecule has 0 unspecified atom stereocenters. The van der Waals surface area contributed by atoms with Crippen molar-refractivity contribution in [1.29, 1.82) is 0 Å². The average molecular weight is 770 g/mol. The monoisotopic (exact) mass is 769 g/mol. The molecule has 0 aromatic heterocycles. The van der Waals surface area contributed by atoms with E-state index < -0.39 is 46.7 Å². The number of carbonyl (C=O) groups is 2. The minimum Gasteiger partial charge on any atom is -0.410 e. The Labute approximate surface area is 326 Å². The molecule has 4 aliphatic rings. The number of rotatable bonds is 7. The van der Waals surface area contributed by atoms with Crippen LogP contribution in [0.15, 0.2) is 96.6 Å². The highest BCUT2D eigenvalue weighted by Gasteiger charge is 2.58. The van der Waals surface area contributed by atoms with Gasteiger partial charge in [0.2, 0.25) is 0 Å². The number of ether oxygens (including phenoxy) is 2. The van der Waals surface area contributed by atoms with E-state index in [4.69, 9.17) is 9.47 Å². The summed E-state index contributed by atoms with van der Waals surface area (Å²) in [6.45, 7) is 4.81. The van der Waals surface area contributed by atoms with Crippen molar-refractivity contribution >= 4 is 22.6 Å². The van der Waals surface area contributed by atoms with Crippen molar-refractivity contribution in [3.05, 3.63) is 124 Å². The van der Waals surface area contributed by atoms with Gasteiger partial charge in [-0.15, -0.1) is 0 Å². The Hall–Kier alpha value is -4.51. The van der Waals surface area contributed by atoms with Crippen molar-refractivity contribution in [2.45, 2.75) is 102 Å². The van der Waals surface area contributed by atoms with Crippen LogP contribution in [0.5, 0.6) is 5.75 Å². The summed E-state index contributed by atoms with van der Waals surface area (Å²) in [7, 11) is 0.